The van der Waals surface area contributed by atoms with Gasteiger partial charge in [0, 0.05) is 12.6 Å². The molecule has 34 heavy (non-hydrogen) atoms. The molecule has 1 atom stereocenters. The Morgan fingerprint density at radius 1 is 1.09 bits per heavy atom. The number of benzene rings is 2. The van der Waals surface area contributed by atoms with Gasteiger partial charge in [0.25, 0.3) is 5.91 Å². The van der Waals surface area contributed by atoms with Gasteiger partial charge in [0.1, 0.15) is 5.01 Å². The largest absolute Gasteiger partial charge is 0.457 e. The lowest BCUT2D eigenvalue weighted by molar-refractivity contribution is -0.139. The van der Waals surface area contributed by atoms with E-state index in [4.69, 9.17) is 9.15 Å². The van der Waals surface area contributed by atoms with E-state index < -0.39 is 33.6 Å². The third-order valence-corrected chi connectivity index (χ3v) is 7.80. The Morgan fingerprint density at radius 3 is 2.53 bits per heavy atom. The number of furan rings is 1. The normalized spacial score (nSPS) is 12.4. The summed E-state index contributed by atoms with van der Waals surface area (Å²) in [5, 5.41) is 0.759. The Hall–Kier alpha value is -3.50. The summed E-state index contributed by atoms with van der Waals surface area (Å²) in [4.78, 5) is 31.5. The van der Waals surface area contributed by atoms with Gasteiger partial charge in [-0.05, 0) is 37.3 Å². The maximum Gasteiger partial charge on any atom is 0.375 e. The van der Waals surface area contributed by atoms with Gasteiger partial charge in [0.05, 0.1) is 33.7 Å². The van der Waals surface area contributed by atoms with Crippen LogP contribution in [0, 0.1) is 0 Å². The van der Waals surface area contributed by atoms with E-state index >= 15 is 0 Å². The zero-order valence-electron chi connectivity index (χ0n) is 18.5. The summed E-state index contributed by atoms with van der Waals surface area (Å²) in [6, 6.07) is 17.0. The Labute approximate surface area is 200 Å². The average molecular weight is 499 g/mol. The lowest BCUT2D eigenvalue weighted by Crippen LogP contribution is -2.37. The maximum atomic E-state index is 12.8. The minimum atomic E-state index is -3.69. The molecule has 0 saturated carbocycles. The lowest BCUT2D eigenvalue weighted by atomic mass is 10.3. The van der Waals surface area contributed by atoms with Crippen LogP contribution in [0.2, 0.25) is 0 Å². The predicted octanol–water partition coefficient (Wildman–Crippen LogP) is 4.07. The smallest absolute Gasteiger partial charge is 0.375 e. The highest BCUT2D eigenvalue weighted by molar-refractivity contribution is 7.90. The number of nitrogens with zero attached hydrogens (tertiary/aromatic N) is 2. The van der Waals surface area contributed by atoms with Crippen molar-refractivity contribution >= 4 is 43.3 Å². The van der Waals surface area contributed by atoms with E-state index in [-0.39, 0.29) is 22.8 Å². The van der Waals surface area contributed by atoms with Crippen molar-refractivity contribution in [3.8, 4) is 0 Å². The summed E-state index contributed by atoms with van der Waals surface area (Å²) in [6.45, 7) is 1.72. The van der Waals surface area contributed by atoms with Crippen molar-refractivity contribution in [2.45, 2.75) is 30.2 Å². The summed E-state index contributed by atoms with van der Waals surface area (Å²) in [6.07, 6.45) is 0.119. The zero-order valence-corrected chi connectivity index (χ0v) is 20.1. The summed E-state index contributed by atoms with van der Waals surface area (Å²) in [7, 11) is -2.09. The van der Waals surface area contributed by atoms with Crippen LogP contribution in [0.1, 0.15) is 28.0 Å². The first-order valence-electron chi connectivity index (χ1n) is 10.4. The number of hydrogen-bond donors (Lipinski definition) is 0. The van der Waals surface area contributed by atoms with Crippen molar-refractivity contribution in [2.75, 3.05) is 7.05 Å². The molecule has 0 aliphatic carbocycles. The average Bonchev–Trinajstić information content (AvgIpc) is 3.44. The van der Waals surface area contributed by atoms with E-state index in [0.29, 0.717) is 0 Å². The second-order valence-corrected chi connectivity index (χ2v) is 10.8. The fourth-order valence-corrected chi connectivity index (χ4v) is 5.78. The third-order valence-electron chi connectivity index (χ3n) is 5.10. The van der Waals surface area contributed by atoms with E-state index in [9.17, 15) is 18.0 Å². The number of carbonyl (C=O) groups excluding carboxylic acids is 2. The topological polar surface area (TPSA) is 107 Å². The first-order chi connectivity index (χ1) is 16.2. The number of aromatic nitrogens is 1. The second kappa shape index (κ2) is 9.78. The standard InChI is InChI=1S/C24H22N2O6S2/c1-16(23(27)26(2)14-21-25-19-10-6-7-11-20(19)33-21)32-24(28)22-17(12-13-31-22)15-34(29,30)18-8-4-3-5-9-18/h3-13,16H,14-15H2,1-2H3. The molecule has 0 aliphatic heterocycles. The van der Waals surface area contributed by atoms with Crippen LogP contribution in [-0.4, -0.2) is 43.3 Å². The Morgan fingerprint density at radius 2 is 1.79 bits per heavy atom. The fourth-order valence-electron chi connectivity index (χ4n) is 3.39. The van der Waals surface area contributed by atoms with Crippen molar-refractivity contribution in [2.24, 2.45) is 0 Å². The summed E-state index contributed by atoms with van der Waals surface area (Å²) in [5.41, 5.74) is 1.02. The molecule has 0 saturated heterocycles. The molecule has 10 heteroatoms. The van der Waals surface area contributed by atoms with Crippen molar-refractivity contribution < 1.29 is 27.2 Å². The third kappa shape index (κ3) is 5.18. The molecule has 0 aliphatic rings. The highest BCUT2D eigenvalue weighted by Gasteiger charge is 2.28. The van der Waals surface area contributed by atoms with Crippen molar-refractivity contribution in [1.82, 2.24) is 9.88 Å². The molecule has 1 unspecified atom stereocenters. The Balaban J connectivity index is 1.40. The number of rotatable bonds is 8. The molecule has 4 rings (SSSR count). The van der Waals surface area contributed by atoms with Gasteiger partial charge in [0.15, 0.2) is 15.9 Å². The maximum absolute atomic E-state index is 12.8. The van der Waals surface area contributed by atoms with E-state index in [0.717, 1.165) is 15.2 Å². The number of likely N-dealkylation sites (N-methyl/N-ethyl adjacent to an activating group) is 1. The first-order valence-corrected chi connectivity index (χ1v) is 12.9. The number of ether oxygens (including phenoxy) is 1. The van der Waals surface area contributed by atoms with Crippen molar-refractivity contribution in [3.05, 3.63) is 83.3 Å². The van der Waals surface area contributed by atoms with Crippen molar-refractivity contribution in [1.29, 1.82) is 0 Å². The number of sulfone groups is 1. The van der Waals surface area contributed by atoms with Crippen LogP contribution in [0.5, 0.6) is 0 Å². The minimum absolute atomic E-state index is 0.135. The monoisotopic (exact) mass is 498 g/mol. The van der Waals surface area contributed by atoms with Crippen LogP contribution in [0.15, 0.2) is 76.2 Å². The Kier molecular flexibility index (Phi) is 6.80. The van der Waals surface area contributed by atoms with E-state index in [1.54, 1.807) is 25.2 Å². The minimum Gasteiger partial charge on any atom is -0.457 e. The molecular formula is C24H22N2O6S2. The second-order valence-electron chi connectivity index (χ2n) is 7.66. The SMILES string of the molecule is CC(OC(=O)c1occc1CS(=O)(=O)c1ccccc1)C(=O)N(C)Cc1nc2ccccc2s1. The number of fused-ring (bicyclic) bond motifs is 1. The van der Waals surface area contributed by atoms with Crippen LogP contribution < -0.4 is 0 Å². The Bertz CT molecular complexity index is 1390. The van der Waals surface area contributed by atoms with Crippen LogP contribution >= 0.6 is 11.3 Å². The molecule has 0 bridgehead atoms. The van der Waals surface area contributed by atoms with Crippen LogP contribution in [0.4, 0.5) is 0 Å². The first kappa shape index (κ1) is 23.7. The molecule has 176 valence electrons. The van der Waals surface area contributed by atoms with E-state index in [1.165, 1.54) is 47.6 Å². The number of esters is 1. The molecule has 0 fully saturated rings. The number of thiazole rings is 1. The molecule has 2 aromatic carbocycles. The highest BCUT2D eigenvalue weighted by atomic mass is 32.2. The van der Waals surface area contributed by atoms with Crippen LogP contribution in [0.3, 0.4) is 0 Å². The summed E-state index contributed by atoms with van der Waals surface area (Å²) in [5.74, 6) is -2.00. The van der Waals surface area contributed by atoms with Gasteiger partial charge in [-0.3, -0.25) is 4.79 Å². The fraction of sp³-hybridized carbons (Fsp3) is 0.208. The molecule has 0 spiro atoms. The molecule has 8 nitrogen and oxygen atoms in total. The van der Waals surface area contributed by atoms with Gasteiger partial charge >= 0.3 is 5.97 Å². The molecule has 2 aromatic heterocycles. The van der Waals surface area contributed by atoms with E-state index in [1.807, 2.05) is 24.3 Å². The van der Waals surface area contributed by atoms with Gasteiger partial charge in [-0.15, -0.1) is 11.3 Å². The predicted molar refractivity (Wildman–Crippen MR) is 127 cm³/mol. The van der Waals surface area contributed by atoms with Gasteiger partial charge in [-0.2, -0.15) is 0 Å². The number of amides is 1. The number of para-hydroxylation sites is 1. The number of hydrogen-bond acceptors (Lipinski definition) is 8. The molecule has 4 aromatic rings. The van der Waals surface area contributed by atoms with E-state index in [2.05, 4.69) is 4.98 Å². The summed E-state index contributed by atoms with van der Waals surface area (Å²) < 4.78 is 36.9. The summed E-state index contributed by atoms with van der Waals surface area (Å²) >= 11 is 1.49. The molecule has 2 heterocycles. The van der Waals surface area contributed by atoms with Gasteiger partial charge in [-0.25, -0.2) is 18.2 Å². The number of carbonyl (C=O) groups is 2. The molecule has 0 radical (unpaired) electrons. The molecule has 0 N–H and O–H groups in total. The lowest BCUT2D eigenvalue weighted by Gasteiger charge is -2.20. The molecule has 1 amide bonds. The quantitative estimate of drug-likeness (QED) is 0.337. The van der Waals surface area contributed by atoms with Gasteiger partial charge in [-0.1, -0.05) is 30.3 Å². The molecular weight excluding hydrogens is 476 g/mol. The van der Waals surface area contributed by atoms with Gasteiger partial charge < -0.3 is 14.1 Å². The van der Waals surface area contributed by atoms with Crippen molar-refractivity contribution in [3.63, 3.8) is 0 Å². The van der Waals surface area contributed by atoms with Gasteiger partial charge in [0.2, 0.25) is 5.76 Å². The zero-order chi connectivity index (χ0) is 24.3. The van der Waals surface area contributed by atoms with Crippen LogP contribution in [-0.2, 0) is 31.7 Å². The van der Waals surface area contributed by atoms with Crippen LogP contribution in [0.25, 0.3) is 10.2 Å². The highest BCUT2D eigenvalue weighted by Crippen LogP contribution is 2.23.